The number of anilines is 1. The molecule has 1 fully saturated rings. The van der Waals surface area contributed by atoms with Gasteiger partial charge in [0.1, 0.15) is 18.0 Å². The van der Waals surface area contributed by atoms with E-state index in [4.69, 9.17) is 9.47 Å². The number of fused-ring (bicyclic) bond motifs is 3. The summed E-state index contributed by atoms with van der Waals surface area (Å²) in [5, 5.41) is 2.79. The van der Waals surface area contributed by atoms with Gasteiger partial charge in [0.15, 0.2) is 0 Å². The van der Waals surface area contributed by atoms with E-state index in [2.05, 4.69) is 21.2 Å². The first kappa shape index (κ1) is 16.1. The lowest BCUT2D eigenvalue weighted by molar-refractivity contribution is -0.117. The van der Waals surface area contributed by atoms with E-state index in [9.17, 15) is 9.59 Å². The number of ether oxygens (including phenoxy) is 2. The van der Waals surface area contributed by atoms with Crippen LogP contribution in [0.2, 0.25) is 0 Å². The Bertz CT molecular complexity index is 656. The molecule has 1 aromatic carbocycles. The SMILES string of the molecule is CC(C)(C)OC(=O)NC1CC(=O)N2c3ccc(Br)cc3OCC12. The predicted molar refractivity (Wildman–Crippen MR) is 88.7 cm³/mol. The number of carbonyl (C=O) groups excluding carboxylic acids is 2. The first-order valence-electron chi connectivity index (χ1n) is 7.48. The first-order valence-corrected chi connectivity index (χ1v) is 8.28. The Labute approximate surface area is 143 Å². The molecule has 2 atom stereocenters. The Kier molecular flexibility index (Phi) is 4.00. The van der Waals surface area contributed by atoms with Gasteiger partial charge >= 0.3 is 6.09 Å². The van der Waals surface area contributed by atoms with Crippen LogP contribution in [-0.4, -0.2) is 36.3 Å². The van der Waals surface area contributed by atoms with E-state index >= 15 is 0 Å². The Morgan fingerprint density at radius 2 is 2.17 bits per heavy atom. The number of alkyl carbamates (subject to hydrolysis) is 1. The largest absolute Gasteiger partial charge is 0.489 e. The minimum absolute atomic E-state index is 0.0251. The summed E-state index contributed by atoms with van der Waals surface area (Å²) in [7, 11) is 0. The summed E-state index contributed by atoms with van der Waals surface area (Å²) in [4.78, 5) is 26.1. The molecule has 1 aromatic rings. The molecule has 1 saturated heterocycles. The maximum Gasteiger partial charge on any atom is 0.407 e. The molecule has 0 bridgehead atoms. The van der Waals surface area contributed by atoms with Crippen molar-refractivity contribution in [3.63, 3.8) is 0 Å². The van der Waals surface area contributed by atoms with E-state index < -0.39 is 11.7 Å². The van der Waals surface area contributed by atoms with Gasteiger partial charge in [-0.25, -0.2) is 4.79 Å². The molecule has 2 heterocycles. The highest BCUT2D eigenvalue weighted by molar-refractivity contribution is 9.10. The third kappa shape index (κ3) is 3.29. The number of carbonyl (C=O) groups is 2. The average molecular weight is 383 g/mol. The minimum Gasteiger partial charge on any atom is -0.489 e. The lowest BCUT2D eigenvalue weighted by atomic mass is 10.1. The topological polar surface area (TPSA) is 67.9 Å². The molecule has 2 unspecified atom stereocenters. The number of amides is 2. The van der Waals surface area contributed by atoms with Crippen molar-refractivity contribution in [3.8, 4) is 5.75 Å². The van der Waals surface area contributed by atoms with E-state index in [0.717, 1.165) is 10.2 Å². The van der Waals surface area contributed by atoms with Gasteiger partial charge in [0.2, 0.25) is 5.91 Å². The molecule has 0 aromatic heterocycles. The second kappa shape index (κ2) is 5.70. The predicted octanol–water partition coefficient (Wildman–Crippen LogP) is 2.84. The van der Waals surface area contributed by atoms with Crippen molar-refractivity contribution in [2.75, 3.05) is 11.5 Å². The molecule has 2 aliphatic heterocycles. The van der Waals surface area contributed by atoms with Gasteiger partial charge in [0.25, 0.3) is 0 Å². The second-order valence-electron chi connectivity index (χ2n) is 6.71. The van der Waals surface area contributed by atoms with Crippen LogP contribution in [-0.2, 0) is 9.53 Å². The third-order valence-electron chi connectivity index (χ3n) is 3.75. The maximum atomic E-state index is 12.4. The van der Waals surface area contributed by atoms with Crippen molar-refractivity contribution in [3.05, 3.63) is 22.7 Å². The van der Waals surface area contributed by atoms with Crippen LogP contribution in [0.1, 0.15) is 27.2 Å². The van der Waals surface area contributed by atoms with Crippen LogP contribution < -0.4 is 15.0 Å². The molecule has 7 heteroatoms. The van der Waals surface area contributed by atoms with Crippen molar-refractivity contribution in [2.45, 2.75) is 44.9 Å². The summed E-state index contributed by atoms with van der Waals surface area (Å²) < 4.78 is 11.9. The monoisotopic (exact) mass is 382 g/mol. The van der Waals surface area contributed by atoms with E-state index in [0.29, 0.717) is 12.4 Å². The first-order chi connectivity index (χ1) is 10.7. The molecule has 1 N–H and O–H groups in total. The van der Waals surface area contributed by atoms with Crippen molar-refractivity contribution >= 4 is 33.6 Å². The molecule has 3 rings (SSSR count). The van der Waals surface area contributed by atoms with Crippen molar-refractivity contribution in [1.29, 1.82) is 0 Å². The lowest BCUT2D eigenvalue weighted by Crippen LogP contribution is -2.51. The standard InChI is InChI=1S/C16H19BrN2O4/c1-16(2,3)23-15(21)18-10-7-14(20)19-11-5-4-9(17)6-13(11)22-8-12(10)19/h4-6,10,12H,7-8H2,1-3H3,(H,18,21). The van der Waals surface area contributed by atoms with Crippen LogP contribution >= 0.6 is 15.9 Å². The van der Waals surface area contributed by atoms with Crippen LogP contribution in [0.3, 0.4) is 0 Å². The summed E-state index contributed by atoms with van der Waals surface area (Å²) in [6.07, 6.45) is -0.276. The molecule has 2 amide bonds. The van der Waals surface area contributed by atoms with Crippen molar-refractivity contribution in [2.24, 2.45) is 0 Å². The number of halogens is 1. The summed E-state index contributed by atoms with van der Waals surface area (Å²) in [6.45, 7) is 5.75. The van der Waals surface area contributed by atoms with Crippen LogP contribution in [0.5, 0.6) is 5.75 Å². The summed E-state index contributed by atoms with van der Waals surface area (Å²) in [5.41, 5.74) is 0.164. The Morgan fingerprint density at radius 3 is 2.87 bits per heavy atom. The van der Waals surface area contributed by atoms with Crippen LogP contribution in [0.4, 0.5) is 10.5 Å². The van der Waals surface area contributed by atoms with E-state index in [1.54, 1.807) is 25.7 Å². The normalized spacial score (nSPS) is 23.0. The number of benzene rings is 1. The number of nitrogens with one attached hydrogen (secondary N) is 1. The molecule has 0 radical (unpaired) electrons. The highest BCUT2D eigenvalue weighted by Gasteiger charge is 2.45. The summed E-state index contributed by atoms with van der Waals surface area (Å²) in [6, 6.07) is 5.01. The van der Waals surface area contributed by atoms with E-state index in [-0.39, 0.29) is 24.4 Å². The smallest absolute Gasteiger partial charge is 0.407 e. The Balaban J connectivity index is 1.78. The Morgan fingerprint density at radius 1 is 1.43 bits per heavy atom. The summed E-state index contributed by atoms with van der Waals surface area (Å²) in [5.74, 6) is 0.643. The van der Waals surface area contributed by atoms with Gasteiger partial charge in [-0.3, -0.25) is 4.79 Å². The average Bonchev–Trinajstić information content (AvgIpc) is 2.73. The lowest BCUT2D eigenvalue weighted by Gasteiger charge is -2.34. The molecule has 124 valence electrons. The van der Waals surface area contributed by atoms with Crippen LogP contribution in [0.25, 0.3) is 0 Å². The molecular weight excluding hydrogens is 364 g/mol. The molecule has 0 aliphatic carbocycles. The molecule has 2 aliphatic rings. The zero-order chi connectivity index (χ0) is 16.8. The fourth-order valence-corrected chi connectivity index (χ4v) is 3.22. The van der Waals surface area contributed by atoms with Gasteiger partial charge in [0, 0.05) is 10.9 Å². The van der Waals surface area contributed by atoms with Crippen molar-refractivity contribution < 1.29 is 19.1 Å². The number of rotatable bonds is 1. The third-order valence-corrected chi connectivity index (χ3v) is 4.25. The van der Waals surface area contributed by atoms with Gasteiger partial charge in [-0.2, -0.15) is 0 Å². The molecule has 6 nitrogen and oxygen atoms in total. The quantitative estimate of drug-likeness (QED) is 0.810. The van der Waals surface area contributed by atoms with Gasteiger partial charge in [-0.1, -0.05) is 15.9 Å². The van der Waals surface area contributed by atoms with Crippen LogP contribution in [0, 0.1) is 0 Å². The number of hydrogen-bond donors (Lipinski definition) is 1. The van der Waals surface area contributed by atoms with Gasteiger partial charge in [-0.05, 0) is 39.0 Å². The van der Waals surface area contributed by atoms with Crippen molar-refractivity contribution in [1.82, 2.24) is 5.32 Å². The zero-order valence-corrected chi connectivity index (χ0v) is 14.8. The van der Waals surface area contributed by atoms with E-state index in [1.807, 2.05) is 18.2 Å². The van der Waals surface area contributed by atoms with Gasteiger partial charge in [-0.15, -0.1) is 0 Å². The minimum atomic E-state index is -0.575. The highest BCUT2D eigenvalue weighted by Crippen LogP contribution is 2.40. The fourth-order valence-electron chi connectivity index (χ4n) is 2.88. The summed E-state index contributed by atoms with van der Waals surface area (Å²) >= 11 is 3.39. The Hall–Kier alpha value is -1.76. The van der Waals surface area contributed by atoms with Crippen LogP contribution in [0.15, 0.2) is 22.7 Å². The molecular formula is C16H19BrN2O4. The fraction of sp³-hybridized carbons (Fsp3) is 0.500. The van der Waals surface area contributed by atoms with Gasteiger partial charge in [0.05, 0.1) is 17.8 Å². The number of hydrogen-bond acceptors (Lipinski definition) is 4. The zero-order valence-electron chi connectivity index (χ0n) is 13.3. The van der Waals surface area contributed by atoms with Gasteiger partial charge < -0.3 is 19.7 Å². The second-order valence-corrected chi connectivity index (χ2v) is 7.63. The number of nitrogens with zero attached hydrogens (tertiary/aromatic N) is 1. The highest BCUT2D eigenvalue weighted by atomic mass is 79.9. The molecule has 0 spiro atoms. The molecule has 23 heavy (non-hydrogen) atoms. The van der Waals surface area contributed by atoms with E-state index in [1.165, 1.54) is 0 Å². The maximum absolute atomic E-state index is 12.4. The molecule has 0 saturated carbocycles.